The molecule has 7 heteroatoms. The van der Waals surface area contributed by atoms with Crippen LogP contribution in [0.1, 0.15) is 5.56 Å². The Morgan fingerprint density at radius 2 is 2.12 bits per heavy atom. The van der Waals surface area contributed by atoms with Gasteiger partial charge in [0, 0.05) is 18.9 Å². The number of hydrogen-bond donors (Lipinski definition) is 2. The minimum atomic E-state index is -0.455. The normalized spacial score (nSPS) is 10.7. The Balaban J connectivity index is 1.88. The van der Waals surface area contributed by atoms with Crippen molar-refractivity contribution in [3.63, 3.8) is 0 Å². The molecule has 128 valence electrons. The Labute approximate surface area is 151 Å². The number of nitrogens with one attached hydrogen (secondary N) is 2. The van der Waals surface area contributed by atoms with Gasteiger partial charge < -0.3 is 15.4 Å². The summed E-state index contributed by atoms with van der Waals surface area (Å²) >= 11 is 5.91. The van der Waals surface area contributed by atoms with E-state index < -0.39 is 5.91 Å². The van der Waals surface area contributed by atoms with Crippen molar-refractivity contribution in [2.45, 2.75) is 6.42 Å². The summed E-state index contributed by atoms with van der Waals surface area (Å²) < 4.78 is 5.10. The van der Waals surface area contributed by atoms with E-state index >= 15 is 0 Å². The van der Waals surface area contributed by atoms with E-state index in [1.165, 1.54) is 6.20 Å². The summed E-state index contributed by atoms with van der Waals surface area (Å²) in [5, 5.41) is 14.9. The molecule has 0 fully saturated rings. The number of anilines is 1. The van der Waals surface area contributed by atoms with Gasteiger partial charge in [0.05, 0.1) is 12.8 Å². The van der Waals surface area contributed by atoms with E-state index in [1.54, 1.807) is 25.4 Å². The lowest BCUT2D eigenvalue weighted by Crippen LogP contribution is -2.27. The highest BCUT2D eigenvalue weighted by Gasteiger charge is 2.08. The van der Waals surface area contributed by atoms with Gasteiger partial charge in [-0.05, 0) is 36.2 Å². The number of pyridine rings is 1. The van der Waals surface area contributed by atoms with Gasteiger partial charge in [-0.1, -0.05) is 23.7 Å². The molecule has 2 aromatic rings. The van der Waals surface area contributed by atoms with Gasteiger partial charge in [0.2, 0.25) is 0 Å². The Morgan fingerprint density at radius 1 is 1.36 bits per heavy atom. The molecule has 6 nitrogen and oxygen atoms in total. The van der Waals surface area contributed by atoms with Crippen LogP contribution >= 0.6 is 11.6 Å². The first kappa shape index (κ1) is 18.3. The van der Waals surface area contributed by atoms with Crippen molar-refractivity contribution in [2.24, 2.45) is 0 Å². The summed E-state index contributed by atoms with van der Waals surface area (Å²) in [5.41, 5.74) is 1.53. The lowest BCUT2D eigenvalue weighted by Gasteiger charge is -2.06. The largest absolute Gasteiger partial charge is 0.497 e. The topological polar surface area (TPSA) is 87.0 Å². The minimum absolute atomic E-state index is 0.0466. The van der Waals surface area contributed by atoms with Gasteiger partial charge in [-0.3, -0.25) is 4.79 Å². The maximum absolute atomic E-state index is 12.1. The number of aromatic nitrogens is 1. The van der Waals surface area contributed by atoms with Gasteiger partial charge in [0.25, 0.3) is 5.91 Å². The highest BCUT2D eigenvalue weighted by Crippen LogP contribution is 2.17. The Hall–Kier alpha value is -3.04. The first-order chi connectivity index (χ1) is 12.1. The highest BCUT2D eigenvalue weighted by atomic mass is 35.5. The molecule has 2 rings (SSSR count). The fourth-order valence-electron chi connectivity index (χ4n) is 2.00. The molecule has 0 aliphatic rings. The van der Waals surface area contributed by atoms with E-state index in [2.05, 4.69) is 15.6 Å². The second-order valence-corrected chi connectivity index (χ2v) is 5.37. The molecule has 0 saturated heterocycles. The standard InChI is InChI=1S/C18H17ClN4O2/c1-25-15-6-4-13(5-7-15)8-10-22-18(24)14(11-20)12-23-16-3-2-9-21-17(16)19/h2-7,9,12,23H,8,10H2,1H3,(H,22,24)/b14-12-. The third kappa shape index (κ3) is 5.52. The van der Waals surface area contributed by atoms with Crippen LogP contribution in [0.5, 0.6) is 5.75 Å². The van der Waals surface area contributed by atoms with Gasteiger partial charge in [-0.15, -0.1) is 0 Å². The van der Waals surface area contributed by atoms with Crippen molar-refractivity contribution >= 4 is 23.2 Å². The molecule has 25 heavy (non-hydrogen) atoms. The van der Waals surface area contributed by atoms with Gasteiger partial charge in [-0.25, -0.2) is 4.98 Å². The Morgan fingerprint density at radius 3 is 2.76 bits per heavy atom. The number of amides is 1. The summed E-state index contributed by atoms with van der Waals surface area (Å²) in [4.78, 5) is 16.0. The number of carbonyl (C=O) groups is 1. The second-order valence-electron chi connectivity index (χ2n) is 5.01. The van der Waals surface area contributed by atoms with E-state index in [0.717, 1.165) is 11.3 Å². The quantitative estimate of drug-likeness (QED) is 0.452. The average molecular weight is 357 g/mol. The van der Waals surface area contributed by atoms with Crippen LogP contribution in [0.2, 0.25) is 5.15 Å². The van der Waals surface area contributed by atoms with Crippen molar-refractivity contribution in [3.8, 4) is 11.8 Å². The molecule has 1 aromatic carbocycles. The SMILES string of the molecule is COc1ccc(CCNC(=O)/C(C#N)=C\Nc2cccnc2Cl)cc1. The number of rotatable bonds is 7. The van der Waals surface area contributed by atoms with Crippen molar-refractivity contribution in [1.82, 2.24) is 10.3 Å². The zero-order chi connectivity index (χ0) is 18.1. The molecule has 0 radical (unpaired) electrons. The first-order valence-electron chi connectivity index (χ1n) is 7.52. The van der Waals surface area contributed by atoms with Crippen LogP contribution in [0.4, 0.5) is 5.69 Å². The maximum Gasteiger partial charge on any atom is 0.263 e. The van der Waals surface area contributed by atoms with Crippen LogP contribution in [-0.4, -0.2) is 24.5 Å². The molecule has 0 aliphatic heterocycles. The summed E-state index contributed by atoms with van der Waals surface area (Å²) in [5.74, 6) is 0.325. The molecule has 2 N–H and O–H groups in total. The lowest BCUT2D eigenvalue weighted by molar-refractivity contribution is -0.117. The van der Waals surface area contributed by atoms with E-state index in [1.807, 2.05) is 30.3 Å². The predicted octanol–water partition coefficient (Wildman–Crippen LogP) is 2.92. The summed E-state index contributed by atoms with van der Waals surface area (Å²) in [7, 11) is 1.61. The van der Waals surface area contributed by atoms with Crippen LogP contribution < -0.4 is 15.4 Å². The maximum atomic E-state index is 12.1. The van der Waals surface area contributed by atoms with Crippen LogP contribution in [0.15, 0.2) is 54.4 Å². The summed E-state index contributed by atoms with van der Waals surface area (Å²) in [6, 6.07) is 12.8. The number of nitriles is 1. The van der Waals surface area contributed by atoms with Gasteiger partial charge in [0.1, 0.15) is 17.4 Å². The summed E-state index contributed by atoms with van der Waals surface area (Å²) in [6.07, 6.45) is 3.51. The molecule has 1 amide bonds. The molecule has 0 bridgehead atoms. The monoisotopic (exact) mass is 356 g/mol. The van der Waals surface area contributed by atoms with Crippen LogP contribution in [-0.2, 0) is 11.2 Å². The molecule has 0 unspecified atom stereocenters. The van der Waals surface area contributed by atoms with Crippen LogP contribution in [0, 0.1) is 11.3 Å². The number of methoxy groups -OCH3 is 1. The molecule has 0 spiro atoms. The van der Waals surface area contributed by atoms with Gasteiger partial charge >= 0.3 is 0 Å². The fraction of sp³-hybridized carbons (Fsp3) is 0.167. The smallest absolute Gasteiger partial charge is 0.263 e. The number of ether oxygens (including phenoxy) is 1. The zero-order valence-electron chi connectivity index (χ0n) is 13.6. The van der Waals surface area contributed by atoms with Crippen LogP contribution in [0.25, 0.3) is 0 Å². The van der Waals surface area contributed by atoms with Crippen LogP contribution in [0.3, 0.4) is 0 Å². The third-order valence-corrected chi connectivity index (χ3v) is 3.66. The third-order valence-electron chi connectivity index (χ3n) is 3.35. The second kappa shape index (κ2) is 9.30. The number of hydrogen-bond acceptors (Lipinski definition) is 5. The highest BCUT2D eigenvalue weighted by molar-refractivity contribution is 6.32. The van der Waals surface area contributed by atoms with Crippen molar-refractivity contribution in [3.05, 3.63) is 65.1 Å². The number of nitrogens with zero attached hydrogens (tertiary/aromatic N) is 2. The molecule has 0 atom stereocenters. The van der Waals surface area contributed by atoms with E-state index in [-0.39, 0.29) is 10.7 Å². The Kier molecular flexibility index (Phi) is 6.81. The van der Waals surface area contributed by atoms with Crippen molar-refractivity contribution in [2.75, 3.05) is 19.0 Å². The summed E-state index contributed by atoms with van der Waals surface area (Å²) in [6.45, 7) is 0.415. The zero-order valence-corrected chi connectivity index (χ0v) is 14.4. The molecular weight excluding hydrogens is 340 g/mol. The predicted molar refractivity (Wildman–Crippen MR) is 96.3 cm³/mol. The van der Waals surface area contributed by atoms with E-state index in [4.69, 9.17) is 21.6 Å². The number of carbonyl (C=O) groups excluding carboxylic acids is 1. The van der Waals surface area contributed by atoms with Gasteiger partial charge in [-0.2, -0.15) is 5.26 Å². The average Bonchev–Trinajstić information content (AvgIpc) is 2.64. The lowest BCUT2D eigenvalue weighted by atomic mass is 10.1. The molecule has 0 saturated carbocycles. The number of halogens is 1. The molecular formula is C18H17ClN4O2. The van der Waals surface area contributed by atoms with E-state index in [0.29, 0.717) is 18.7 Å². The fourth-order valence-corrected chi connectivity index (χ4v) is 2.17. The van der Waals surface area contributed by atoms with E-state index in [9.17, 15) is 4.79 Å². The van der Waals surface area contributed by atoms with Crippen molar-refractivity contribution in [1.29, 1.82) is 5.26 Å². The Bertz CT molecular complexity index is 797. The molecule has 1 aromatic heterocycles. The van der Waals surface area contributed by atoms with Crippen molar-refractivity contribution < 1.29 is 9.53 Å². The number of benzene rings is 1. The molecule has 1 heterocycles. The van der Waals surface area contributed by atoms with Gasteiger partial charge in [0.15, 0.2) is 5.15 Å². The molecule has 0 aliphatic carbocycles. The first-order valence-corrected chi connectivity index (χ1v) is 7.90. The minimum Gasteiger partial charge on any atom is -0.497 e.